The van der Waals surface area contributed by atoms with Gasteiger partial charge in [0, 0.05) is 17.1 Å². The summed E-state index contributed by atoms with van der Waals surface area (Å²) in [5.41, 5.74) is 1.85. The first-order valence-corrected chi connectivity index (χ1v) is 8.90. The standard InChI is InChI=1S/C17H14BrN3O3S/c1-9(22)19-11-4-5-13-15(8-11)25-17(20-13)21-16(23)12-7-10(18)3-6-14(12)24-2/h3-8H,1-2H3,(H,19,22)(H,20,21,23). The third-order valence-corrected chi connectivity index (χ3v) is 4.76. The van der Waals surface area contributed by atoms with Gasteiger partial charge >= 0.3 is 0 Å². The van der Waals surface area contributed by atoms with Crippen molar-refractivity contribution in [2.24, 2.45) is 0 Å². The highest BCUT2D eigenvalue weighted by molar-refractivity contribution is 9.10. The second kappa shape index (κ2) is 7.20. The Labute approximate surface area is 156 Å². The van der Waals surface area contributed by atoms with E-state index in [4.69, 9.17) is 4.74 Å². The summed E-state index contributed by atoms with van der Waals surface area (Å²) in [5.74, 6) is 0.0354. The molecule has 128 valence electrons. The lowest BCUT2D eigenvalue weighted by Crippen LogP contribution is -2.13. The summed E-state index contributed by atoms with van der Waals surface area (Å²) in [6.45, 7) is 1.45. The summed E-state index contributed by atoms with van der Waals surface area (Å²) in [7, 11) is 1.52. The monoisotopic (exact) mass is 419 g/mol. The number of hydrogen-bond acceptors (Lipinski definition) is 5. The zero-order chi connectivity index (χ0) is 18.0. The first kappa shape index (κ1) is 17.4. The second-order valence-corrected chi connectivity index (χ2v) is 7.13. The molecule has 3 aromatic rings. The molecule has 8 heteroatoms. The maximum absolute atomic E-state index is 12.5. The number of nitrogens with one attached hydrogen (secondary N) is 2. The summed E-state index contributed by atoms with van der Waals surface area (Å²) in [6, 6.07) is 10.6. The number of amides is 2. The number of benzene rings is 2. The molecule has 0 aliphatic heterocycles. The fourth-order valence-corrected chi connectivity index (χ4v) is 3.54. The number of ether oxygens (including phenoxy) is 1. The van der Waals surface area contributed by atoms with Crippen LogP contribution in [0.3, 0.4) is 0 Å². The average Bonchev–Trinajstić information content (AvgIpc) is 2.95. The molecule has 0 radical (unpaired) electrons. The van der Waals surface area contributed by atoms with Gasteiger partial charge in [0.1, 0.15) is 5.75 Å². The van der Waals surface area contributed by atoms with E-state index in [1.54, 1.807) is 30.3 Å². The molecule has 0 spiro atoms. The van der Waals surface area contributed by atoms with Gasteiger partial charge < -0.3 is 10.1 Å². The third-order valence-electron chi connectivity index (χ3n) is 3.34. The molecule has 0 saturated heterocycles. The van der Waals surface area contributed by atoms with Gasteiger partial charge in [-0.2, -0.15) is 0 Å². The smallest absolute Gasteiger partial charge is 0.261 e. The lowest BCUT2D eigenvalue weighted by molar-refractivity contribution is -0.114. The van der Waals surface area contributed by atoms with Gasteiger partial charge in [0.05, 0.1) is 22.9 Å². The van der Waals surface area contributed by atoms with Crippen LogP contribution < -0.4 is 15.4 Å². The molecule has 0 saturated carbocycles. The molecule has 0 fully saturated rings. The van der Waals surface area contributed by atoms with Crippen molar-refractivity contribution in [1.29, 1.82) is 0 Å². The van der Waals surface area contributed by atoms with Crippen molar-refractivity contribution >= 4 is 60.1 Å². The number of carbonyl (C=O) groups is 2. The maximum Gasteiger partial charge on any atom is 0.261 e. The lowest BCUT2D eigenvalue weighted by Gasteiger charge is -2.08. The fourth-order valence-electron chi connectivity index (χ4n) is 2.28. The molecule has 2 N–H and O–H groups in total. The number of nitrogens with zero attached hydrogens (tertiary/aromatic N) is 1. The van der Waals surface area contributed by atoms with Crippen molar-refractivity contribution in [1.82, 2.24) is 4.98 Å². The van der Waals surface area contributed by atoms with Crippen LogP contribution in [0.25, 0.3) is 10.2 Å². The molecule has 2 amide bonds. The van der Waals surface area contributed by atoms with Gasteiger partial charge in [-0.3, -0.25) is 14.9 Å². The Balaban J connectivity index is 1.86. The van der Waals surface area contributed by atoms with Crippen LogP contribution in [0.5, 0.6) is 5.75 Å². The first-order chi connectivity index (χ1) is 12.0. The summed E-state index contributed by atoms with van der Waals surface area (Å²) >= 11 is 4.68. The van der Waals surface area contributed by atoms with Gasteiger partial charge in [-0.15, -0.1) is 0 Å². The van der Waals surface area contributed by atoms with Crippen LogP contribution in [0.1, 0.15) is 17.3 Å². The molecule has 0 atom stereocenters. The number of fused-ring (bicyclic) bond motifs is 1. The van der Waals surface area contributed by atoms with Gasteiger partial charge in [0.2, 0.25) is 5.91 Å². The molecule has 3 rings (SSSR count). The number of carbonyl (C=O) groups excluding carboxylic acids is 2. The minimum atomic E-state index is -0.306. The van der Waals surface area contributed by atoms with E-state index in [0.29, 0.717) is 22.1 Å². The lowest BCUT2D eigenvalue weighted by atomic mass is 10.2. The number of aromatic nitrogens is 1. The predicted octanol–water partition coefficient (Wildman–Crippen LogP) is 4.28. The molecule has 0 bridgehead atoms. The van der Waals surface area contributed by atoms with E-state index >= 15 is 0 Å². The third kappa shape index (κ3) is 3.97. The van der Waals surface area contributed by atoms with Crippen molar-refractivity contribution < 1.29 is 14.3 Å². The number of methoxy groups -OCH3 is 1. The number of thiazole rings is 1. The molecule has 0 unspecified atom stereocenters. The van der Waals surface area contributed by atoms with E-state index in [0.717, 1.165) is 14.7 Å². The van der Waals surface area contributed by atoms with E-state index < -0.39 is 0 Å². The zero-order valence-corrected chi connectivity index (χ0v) is 15.8. The normalized spacial score (nSPS) is 10.5. The zero-order valence-electron chi connectivity index (χ0n) is 13.4. The van der Waals surface area contributed by atoms with Gasteiger partial charge in [0.25, 0.3) is 5.91 Å². The molecular weight excluding hydrogens is 406 g/mol. The van der Waals surface area contributed by atoms with Crippen LogP contribution in [-0.2, 0) is 4.79 Å². The van der Waals surface area contributed by atoms with Crippen LogP contribution in [0.2, 0.25) is 0 Å². The van der Waals surface area contributed by atoms with Gasteiger partial charge in [-0.25, -0.2) is 4.98 Å². The Kier molecular flexibility index (Phi) is 5.00. The molecule has 0 aliphatic carbocycles. The SMILES string of the molecule is COc1ccc(Br)cc1C(=O)Nc1nc2ccc(NC(C)=O)cc2s1. The highest BCUT2D eigenvalue weighted by Crippen LogP contribution is 2.30. The van der Waals surface area contributed by atoms with Gasteiger partial charge in [0.15, 0.2) is 5.13 Å². The van der Waals surface area contributed by atoms with Crippen molar-refractivity contribution in [3.63, 3.8) is 0 Å². The van der Waals surface area contributed by atoms with Gasteiger partial charge in [-0.1, -0.05) is 27.3 Å². The van der Waals surface area contributed by atoms with Crippen LogP contribution in [-0.4, -0.2) is 23.9 Å². The maximum atomic E-state index is 12.5. The van der Waals surface area contributed by atoms with Crippen molar-refractivity contribution in [2.45, 2.75) is 6.92 Å². The predicted molar refractivity (Wildman–Crippen MR) is 103 cm³/mol. The van der Waals surface area contributed by atoms with Gasteiger partial charge in [-0.05, 0) is 36.4 Å². The van der Waals surface area contributed by atoms with E-state index in [2.05, 4.69) is 31.5 Å². The fraction of sp³-hybridized carbons (Fsp3) is 0.118. The largest absolute Gasteiger partial charge is 0.496 e. The quantitative estimate of drug-likeness (QED) is 0.661. The van der Waals surface area contributed by atoms with E-state index in [1.165, 1.54) is 25.4 Å². The summed E-state index contributed by atoms with van der Waals surface area (Å²) in [5, 5.41) is 5.99. The molecule has 25 heavy (non-hydrogen) atoms. The Hall–Kier alpha value is -2.45. The molecule has 1 heterocycles. The number of halogens is 1. The van der Waals surface area contributed by atoms with E-state index in [1.807, 2.05) is 6.07 Å². The van der Waals surface area contributed by atoms with E-state index in [-0.39, 0.29) is 11.8 Å². The Morgan fingerprint density at radius 1 is 1.16 bits per heavy atom. The second-order valence-electron chi connectivity index (χ2n) is 5.18. The van der Waals surface area contributed by atoms with Crippen molar-refractivity contribution in [3.05, 3.63) is 46.4 Å². The first-order valence-electron chi connectivity index (χ1n) is 7.29. The molecule has 2 aromatic carbocycles. The summed E-state index contributed by atoms with van der Waals surface area (Å²) < 4.78 is 6.88. The number of rotatable bonds is 4. The minimum absolute atomic E-state index is 0.140. The average molecular weight is 420 g/mol. The topological polar surface area (TPSA) is 80.3 Å². The molecular formula is C17H14BrN3O3S. The van der Waals surface area contributed by atoms with Crippen LogP contribution in [0.4, 0.5) is 10.8 Å². The molecule has 1 aromatic heterocycles. The minimum Gasteiger partial charge on any atom is -0.496 e. The molecule has 0 aliphatic rings. The van der Waals surface area contributed by atoms with E-state index in [9.17, 15) is 9.59 Å². The summed E-state index contributed by atoms with van der Waals surface area (Å²) in [4.78, 5) is 28.1. The Morgan fingerprint density at radius 3 is 2.68 bits per heavy atom. The Morgan fingerprint density at radius 2 is 1.96 bits per heavy atom. The van der Waals surface area contributed by atoms with Crippen LogP contribution in [0, 0.1) is 0 Å². The van der Waals surface area contributed by atoms with Crippen molar-refractivity contribution in [3.8, 4) is 5.75 Å². The summed E-state index contributed by atoms with van der Waals surface area (Å²) in [6.07, 6.45) is 0. The van der Waals surface area contributed by atoms with Crippen LogP contribution in [0.15, 0.2) is 40.9 Å². The highest BCUT2D eigenvalue weighted by atomic mass is 79.9. The molecule has 6 nitrogen and oxygen atoms in total. The highest BCUT2D eigenvalue weighted by Gasteiger charge is 2.15. The Bertz CT molecular complexity index is 971. The van der Waals surface area contributed by atoms with Crippen LogP contribution >= 0.6 is 27.3 Å². The number of anilines is 2. The van der Waals surface area contributed by atoms with Crippen molar-refractivity contribution in [2.75, 3.05) is 17.7 Å². The number of hydrogen-bond donors (Lipinski definition) is 2.